The number of rotatable bonds is 3. The van der Waals surface area contributed by atoms with E-state index in [-0.39, 0.29) is 17.5 Å². The minimum atomic E-state index is -0.364. The van der Waals surface area contributed by atoms with Crippen LogP contribution in [0.2, 0.25) is 0 Å². The van der Waals surface area contributed by atoms with E-state index in [4.69, 9.17) is 0 Å². The molecule has 2 N–H and O–H groups in total. The molecule has 2 unspecified atom stereocenters. The van der Waals surface area contributed by atoms with Crippen molar-refractivity contribution in [3.8, 4) is 0 Å². The maximum absolute atomic E-state index is 11.7. The molecule has 0 aromatic rings. The van der Waals surface area contributed by atoms with Gasteiger partial charge in [0, 0.05) is 6.04 Å². The van der Waals surface area contributed by atoms with Crippen LogP contribution in [0.5, 0.6) is 0 Å². The molecule has 0 spiro atoms. The Morgan fingerprint density at radius 1 is 1.77 bits per heavy atom. The highest BCUT2D eigenvalue weighted by molar-refractivity contribution is 5.86. The van der Waals surface area contributed by atoms with Crippen LogP contribution < -0.4 is 10.6 Å². The largest absolute Gasteiger partial charge is 0.349 e. The van der Waals surface area contributed by atoms with E-state index in [1.165, 1.54) is 0 Å². The van der Waals surface area contributed by atoms with E-state index in [1.807, 2.05) is 13.8 Å². The van der Waals surface area contributed by atoms with Crippen LogP contribution in [0.3, 0.4) is 0 Å². The molecular weight excluding hydrogens is 164 g/mol. The minimum absolute atomic E-state index is 0.0479. The zero-order valence-corrected chi connectivity index (χ0v) is 8.39. The van der Waals surface area contributed by atoms with Crippen LogP contribution in [0, 0.1) is 0 Å². The van der Waals surface area contributed by atoms with Gasteiger partial charge in [0.15, 0.2) is 0 Å². The number of hydrogen-bond donors (Lipinski definition) is 2. The van der Waals surface area contributed by atoms with Crippen molar-refractivity contribution in [2.24, 2.45) is 0 Å². The molecular formula is C10H18N2O. The molecule has 1 aliphatic rings. The van der Waals surface area contributed by atoms with E-state index >= 15 is 0 Å². The molecule has 0 radical (unpaired) electrons. The number of nitrogens with one attached hydrogen (secondary N) is 2. The molecule has 1 amide bonds. The summed E-state index contributed by atoms with van der Waals surface area (Å²) < 4.78 is 0. The van der Waals surface area contributed by atoms with Crippen LogP contribution in [-0.2, 0) is 4.79 Å². The quantitative estimate of drug-likeness (QED) is 0.634. The Kier molecular flexibility index (Phi) is 3.09. The SMILES string of the molecule is C=CC(C)NC(=O)C1(C)CCCN1. The van der Waals surface area contributed by atoms with Crippen molar-refractivity contribution in [3.63, 3.8) is 0 Å². The van der Waals surface area contributed by atoms with E-state index in [9.17, 15) is 4.79 Å². The van der Waals surface area contributed by atoms with Crippen LogP contribution in [0.25, 0.3) is 0 Å². The molecule has 74 valence electrons. The second kappa shape index (κ2) is 3.92. The molecule has 1 aliphatic heterocycles. The Morgan fingerprint density at radius 3 is 2.92 bits per heavy atom. The molecule has 3 heteroatoms. The van der Waals surface area contributed by atoms with Gasteiger partial charge in [0.05, 0.1) is 5.54 Å². The Hall–Kier alpha value is -0.830. The Labute approximate surface area is 79.6 Å². The van der Waals surface area contributed by atoms with E-state index < -0.39 is 0 Å². The second-order valence-corrected chi connectivity index (χ2v) is 3.86. The summed E-state index contributed by atoms with van der Waals surface area (Å²) >= 11 is 0. The third kappa shape index (κ3) is 2.31. The lowest BCUT2D eigenvalue weighted by atomic mass is 9.99. The first-order valence-electron chi connectivity index (χ1n) is 4.77. The summed E-state index contributed by atoms with van der Waals surface area (Å²) in [6.07, 6.45) is 3.73. The number of hydrogen-bond acceptors (Lipinski definition) is 2. The maximum atomic E-state index is 11.7. The molecule has 0 saturated carbocycles. The van der Waals surface area contributed by atoms with Crippen LogP contribution >= 0.6 is 0 Å². The minimum Gasteiger partial charge on any atom is -0.349 e. The normalized spacial score (nSPS) is 29.7. The van der Waals surface area contributed by atoms with Gasteiger partial charge < -0.3 is 10.6 Å². The number of carbonyl (C=O) groups excluding carboxylic acids is 1. The lowest BCUT2D eigenvalue weighted by Gasteiger charge is -2.24. The summed E-state index contributed by atoms with van der Waals surface area (Å²) in [7, 11) is 0. The Morgan fingerprint density at radius 2 is 2.46 bits per heavy atom. The standard InChI is InChI=1S/C10H18N2O/c1-4-8(2)12-9(13)10(3)6-5-7-11-10/h4,8,11H,1,5-7H2,2-3H3,(H,12,13). The van der Waals surface area contributed by atoms with E-state index in [1.54, 1.807) is 6.08 Å². The molecule has 0 aromatic heterocycles. The fourth-order valence-corrected chi connectivity index (χ4v) is 1.51. The average Bonchev–Trinajstić information content (AvgIpc) is 2.53. The summed E-state index contributed by atoms with van der Waals surface area (Å²) in [5.41, 5.74) is -0.364. The maximum Gasteiger partial charge on any atom is 0.240 e. The molecule has 1 heterocycles. The molecule has 1 rings (SSSR count). The van der Waals surface area contributed by atoms with Crippen LogP contribution in [0.4, 0.5) is 0 Å². The first-order valence-corrected chi connectivity index (χ1v) is 4.77. The van der Waals surface area contributed by atoms with Crippen LogP contribution in [0.1, 0.15) is 26.7 Å². The summed E-state index contributed by atoms with van der Waals surface area (Å²) in [4.78, 5) is 11.7. The third-order valence-electron chi connectivity index (χ3n) is 2.58. The molecule has 0 aromatic carbocycles. The fourth-order valence-electron chi connectivity index (χ4n) is 1.51. The van der Waals surface area contributed by atoms with E-state index in [0.29, 0.717) is 0 Å². The van der Waals surface area contributed by atoms with Crippen molar-refractivity contribution in [2.45, 2.75) is 38.3 Å². The van der Waals surface area contributed by atoms with Crippen molar-refractivity contribution < 1.29 is 4.79 Å². The summed E-state index contributed by atoms with van der Waals surface area (Å²) in [6, 6.07) is 0.0479. The van der Waals surface area contributed by atoms with Gasteiger partial charge in [-0.3, -0.25) is 4.79 Å². The second-order valence-electron chi connectivity index (χ2n) is 3.86. The van der Waals surface area contributed by atoms with Gasteiger partial charge >= 0.3 is 0 Å². The van der Waals surface area contributed by atoms with Crippen molar-refractivity contribution in [1.29, 1.82) is 0 Å². The zero-order chi connectivity index (χ0) is 9.90. The summed E-state index contributed by atoms with van der Waals surface area (Å²) in [6.45, 7) is 8.43. The first kappa shape index (κ1) is 10.3. The van der Waals surface area contributed by atoms with Gasteiger partial charge in [0.25, 0.3) is 0 Å². The van der Waals surface area contributed by atoms with Crippen molar-refractivity contribution in [1.82, 2.24) is 10.6 Å². The van der Waals surface area contributed by atoms with Crippen molar-refractivity contribution in [3.05, 3.63) is 12.7 Å². The third-order valence-corrected chi connectivity index (χ3v) is 2.58. The van der Waals surface area contributed by atoms with E-state index in [0.717, 1.165) is 19.4 Å². The smallest absolute Gasteiger partial charge is 0.240 e. The molecule has 3 nitrogen and oxygen atoms in total. The lowest BCUT2D eigenvalue weighted by molar-refractivity contribution is -0.126. The molecule has 1 saturated heterocycles. The van der Waals surface area contributed by atoms with Gasteiger partial charge in [-0.1, -0.05) is 6.08 Å². The van der Waals surface area contributed by atoms with Gasteiger partial charge in [-0.15, -0.1) is 6.58 Å². The van der Waals surface area contributed by atoms with Gasteiger partial charge in [0.1, 0.15) is 0 Å². The van der Waals surface area contributed by atoms with Gasteiger partial charge in [-0.2, -0.15) is 0 Å². The van der Waals surface area contributed by atoms with Crippen LogP contribution in [0.15, 0.2) is 12.7 Å². The number of amides is 1. The molecule has 13 heavy (non-hydrogen) atoms. The topological polar surface area (TPSA) is 41.1 Å². The molecule has 1 fully saturated rings. The van der Waals surface area contributed by atoms with E-state index in [2.05, 4.69) is 17.2 Å². The molecule has 2 atom stereocenters. The highest BCUT2D eigenvalue weighted by Gasteiger charge is 2.35. The zero-order valence-electron chi connectivity index (χ0n) is 8.39. The number of carbonyl (C=O) groups is 1. The predicted octanol–water partition coefficient (Wildman–Crippen LogP) is 0.819. The highest BCUT2D eigenvalue weighted by atomic mass is 16.2. The molecule has 0 bridgehead atoms. The molecule has 0 aliphatic carbocycles. The van der Waals surface area contributed by atoms with Gasteiger partial charge in [0.2, 0.25) is 5.91 Å². The average molecular weight is 182 g/mol. The van der Waals surface area contributed by atoms with Crippen LogP contribution in [-0.4, -0.2) is 24.0 Å². The Bertz CT molecular complexity index is 207. The first-order chi connectivity index (χ1) is 6.08. The van der Waals surface area contributed by atoms with Gasteiger partial charge in [-0.05, 0) is 33.2 Å². The van der Waals surface area contributed by atoms with Gasteiger partial charge in [-0.25, -0.2) is 0 Å². The van der Waals surface area contributed by atoms with Crippen molar-refractivity contribution >= 4 is 5.91 Å². The van der Waals surface area contributed by atoms with Crippen molar-refractivity contribution in [2.75, 3.05) is 6.54 Å². The fraction of sp³-hybridized carbons (Fsp3) is 0.700. The monoisotopic (exact) mass is 182 g/mol. The highest BCUT2D eigenvalue weighted by Crippen LogP contribution is 2.18. The summed E-state index contributed by atoms with van der Waals surface area (Å²) in [5.74, 6) is 0.0809. The Balaban J connectivity index is 2.51. The summed E-state index contributed by atoms with van der Waals surface area (Å²) in [5, 5.41) is 6.11. The predicted molar refractivity (Wildman–Crippen MR) is 53.4 cm³/mol. The lowest BCUT2D eigenvalue weighted by Crippen LogP contribution is -2.52.